The molecule has 33 heavy (non-hydrogen) atoms. The monoisotopic (exact) mass is 465 g/mol. The predicted molar refractivity (Wildman–Crippen MR) is 126 cm³/mol. The molecule has 170 valence electrons. The molecule has 1 N–H and O–H groups in total. The SMILES string of the molecule is CCn1cc(Cn2cc(NC(=O)c3ccc(OC)c(COc4ccc(Cl)cc4)c3)cn2)cn1. The molecule has 0 bridgehead atoms. The molecule has 0 saturated heterocycles. The molecule has 0 aliphatic heterocycles. The van der Waals surface area contributed by atoms with Gasteiger partial charge in [0.15, 0.2) is 0 Å². The van der Waals surface area contributed by atoms with Crippen LogP contribution in [0.15, 0.2) is 67.3 Å². The summed E-state index contributed by atoms with van der Waals surface area (Å²) in [6.45, 7) is 3.67. The summed E-state index contributed by atoms with van der Waals surface area (Å²) in [4.78, 5) is 12.8. The molecule has 4 aromatic rings. The third-order valence-electron chi connectivity index (χ3n) is 5.00. The lowest BCUT2D eigenvalue weighted by Crippen LogP contribution is -2.12. The lowest BCUT2D eigenvalue weighted by Gasteiger charge is -2.12. The Bertz CT molecular complexity index is 1230. The van der Waals surface area contributed by atoms with Crippen molar-refractivity contribution in [3.63, 3.8) is 0 Å². The van der Waals surface area contributed by atoms with Gasteiger partial charge in [-0.3, -0.25) is 14.2 Å². The molecule has 0 aliphatic carbocycles. The number of halogens is 1. The lowest BCUT2D eigenvalue weighted by molar-refractivity contribution is 0.102. The van der Waals surface area contributed by atoms with Gasteiger partial charge in [0, 0.05) is 40.7 Å². The van der Waals surface area contributed by atoms with E-state index in [0.29, 0.717) is 34.3 Å². The predicted octanol–water partition coefficient (Wildman–Crippen LogP) is 4.64. The Morgan fingerprint density at radius 2 is 1.85 bits per heavy atom. The number of hydrogen-bond acceptors (Lipinski definition) is 5. The van der Waals surface area contributed by atoms with Gasteiger partial charge in [0.05, 0.1) is 31.7 Å². The van der Waals surface area contributed by atoms with E-state index < -0.39 is 0 Å². The average Bonchev–Trinajstić information content (AvgIpc) is 3.47. The van der Waals surface area contributed by atoms with Gasteiger partial charge in [0.25, 0.3) is 5.91 Å². The maximum Gasteiger partial charge on any atom is 0.255 e. The third-order valence-corrected chi connectivity index (χ3v) is 5.25. The Hall–Kier alpha value is -3.78. The zero-order valence-corrected chi connectivity index (χ0v) is 19.1. The number of carbonyl (C=O) groups excluding carboxylic acids is 1. The molecule has 1 amide bonds. The van der Waals surface area contributed by atoms with Crippen molar-refractivity contribution in [2.75, 3.05) is 12.4 Å². The van der Waals surface area contributed by atoms with E-state index in [4.69, 9.17) is 21.1 Å². The first-order valence-corrected chi connectivity index (χ1v) is 10.8. The van der Waals surface area contributed by atoms with Crippen molar-refractivity contribution in [1.82, 2.24) is 19.6 Å². The highest BCUT2D eigenvalue weighted by atomic mass is 35.5. The zero-order valence-electron chi connectivity index (χ0n) is 18.4. The fourth-order valence-electron chi connectivity index (χ4n) is 3.29. The Morgan fingerprint density at radius 1 is 1.06 bits per heavy atom. The standard InChI is InChI=1S/C24H24ClN5O3/c1-3-29-13-17(11-26-29)14-30-15-21(12-27-30)28-24(31)18-4-9-23(32-2)19(10-18)16-33-22-7-5-20(25)6-8-22/h4-13,15H,3,14,16H2,1-2H3,(H,28,31). The van der Waals surface area contributed by atoms with Crippen LogP contribution >= 0.6 is 11.6 Å². The van der Waals surface area contributed by atoms with Crippen LogP contribution in [0.1, 0.15) is 28.4 Å². The second-order valence-electron chi connectivity index (χ2n) is 7.35. The van der Waals surface area contributed by atoms with Gasteiger partial charge in [0.1, 0.15) is 18.1 Å². The number of nitrogens with zero attached hydrogens (tertiary/aromatic N) is 4. The normalized spacial score (nSPS) is 10.8. The van der Waals surface area contributed by atoms with Gasteiger partial charge in [-0.25, -0.2) is 0 Å². The maximum absolute atomic E-state index is 12.8. The highest BCUT2D eigenvalue weighted by Crippen LogP contribution is 2.24. The van der Waals surface area contributed by atoms with Crippen LogP contribution in [0.3, 0.4) is 0 Å². The first-order chi connectivity index (χ1) is 16.0. The van der Waals surface area contributed by atoms with Gasteiger partial charge >= 0.3 is 0 Å². The summed E-state index contributed by atoms with van der Waals surface area (Å²) in [7, 11) is 1.58. The Morgan fingerprint density at radius 3 is 2.58 bits per heavy atom. The molecule has 0 unspecified atom stereocenters. The van der Waals surface area contributed by atoms with Crippen LogP contribution in [-0.4, -0.2) is 32.6 Å². The highest BCUT2D eigenvalue weighted by molar-refractivity contribution is 6.30. The molecule has 2 aromatic carbocycles. The third kappa shape index (κ3) is 5.72. The first-order valence-electron chi connectivity index (χ1n) is 10.4. The molecule has 0 atom stereocenters. The van der Waals surface area contributed by atoms with Crippen molar-refractivity contribution in [2.24, 2.45) is 0 Å². The quantitative estimate of drug-likeness (QED) is 0.389. The van der Waals surface area contributed by atoms with E-state index in [2.05, 4.69) is 15.5 Å². The largest absolute Gasteiger partial charge is 0.496 e. The second-order valence-corrected chi connectivity index (χ2v) is 7.79. The van der Waals surface area contributed by atoms with Crippen molar-refractivity contribution in [3.8, 4) is 11.5 Å². The van der Waals surface area contributed by atoms with E-state index in [1.54, 1.807) is 66.6 Å². The topological polar surface area (TPSA) is 83.2 Å². The molecular weight excluding hydrogens is 442 g/mol. The number of ether oxygens (including phenoxy) is 2. The number of amides is 1. The van der Waals surface area contributed by atoms with Gasteiger partial charge < -0.3 is 14.8 Å². The average molecular weight is 466 g/mol. The van der Waals surface area contributed by atoms with Crippen LogP contribution < -0.4 is 14.8 Å². The molecule has 0 spiro atoms. The Kier molecular flexibility index (Phi) is 6.95. The minimum atomic E-state index is -0.247. The highest BCUT2D eigenvalue weighted by Gasteiger charge is 2.13. The van der Waals surface area contributed by atoms with Gasteiger partial charge in [-0.1, -0.05) is 11.6 Å². The van der Waals surface area contributed by atoms with Crippen molar-refractivity contribution < 1.29 is 14.3 Å². The van der Waals surface area contributed by atoms with E-state index in [0.717, 1.165) is 17.7 Å². The van der Waals surface area contributed by atoms with Gasteiger partial charge in [0.2, 0.25) is 0 Å². The number of aromatic nitrogens is 4. The maximum atomic E-state index is 12.8. The number of benzene rings is 2. The minimum Gasteiger partial charge on any atom is -0.496 e. The molecule has 0 saturated carbocycles. The summed E-state index contributed by atoms with van der Waals surface area (Å²) in [5.74, 6) is 1.07. The summed E-state index contributed by atoms with van der Waals surface area (Å²) >= 11 is 5.92. The van der Waals surface area contributed by atoms with Crippen LogP contribution in [0, 0.1) is 0 Å². The molecule has 0 radical (unpaired) electrons. The molecule has 8 nitrogen and oxygen atoms in total. The van der Waals surface area contributed by atoms with Crippen LogP contribution in [0.4, 0.5) is 5.69 Å². The van der Waals surface area contributed by atoms with E-state index in [1.165, 1.54) is 0 Å². The van der Waals surface area contributed by atoms with Crippen molar-refractivity contribution >= 4 is 23.2 Å². The molecule has 0 fully saturated rings. The Labute approximate surface area is 196 Å². The molecule has 9 heteroatoms. The molecule has 4 rings (SSSR count). The van der Waals surface area contributed by atoms with Gasteiger partial charge in [-0.15, -0.1) is 0 Å². The molecule has 2 aromatic heterocycles. The van der Waals surface area contributed by atoms with Gasteiger partial charge in [-0.05, 0) is 49.4 Å². The summed E-state index contributed by atoms with van der Waals surface area (Å²) in [6.07, 6.45) is 7.20. The lowest BCUT2D eigenvalue weighted by atomic mass is 10.1. The molecule has 0 aliphatic rings. The van der Waals surface area contributed by atoms with Crippen LogP contribution in [0.2, 0.25) is 5.02 Å². The smallest absolute Gasteiger partial charge is 0.255 e. The number of rotatable bonds is 9. The van der Waals surface area contributed by atoms with Gasteiger partial charge in [-0.2, -0.15) is 10.2 Å². The number of aryl methyl sites for hydroxylation is 1. The second kappa shape index (κ2) is 10.2. The first kappa shape index (κ1) is 22.4. The van der Waals surface area contributed by atoms with E-state index in [9.17, 15) is 4.79 Å². The van der Waals surface area contributed by atoms with Crippen molar-refractivity contribution in [2.45, 2.75) is 26.6 Å². The van der Waals surface area contributed by atoms with E-state index in [-0.39, 0.29) is 12.5 Å². The summed E-state index contributed by atoms with van der Waals surface area (Å²) < 4.78 is 14.9. The fourth-order valence-corrected chi connectivity index (χ4v) is 3.42. The summed E-state index contributed by atoms with van der Waals surface area (Å²) in [5, 5.41) is 12.1. The number of nitrogens with one attached hydrogen (secondary N) is 1. The van der Waals surface area contributed by atoms with E-state index in [1.807, 2.05) is 24.0 Å². The molecule has 2 heterocycles. The van der Waals surface area contributed by atoms with Crippen LogP contribution in [0.5, 0.6) is 11.5 Å². The van der Waals surface area contributed by atoms with Crippen molar-refractivity contribution in [3.05, 3.63) is 89.0 Å². The summed E-state index contributed by atoms with van der Waals surface area (Å²) in [6, 6.07) is 12.3. The molecular formula is C24H24ClN5O3. The number of anilines is 1. The van der Waals surface area contributed by atoms with E-state index >= 15 is 0 Å². The van der Waals surface area contributed by atoms with Crippen molar-refractivity contribution in [1.29, 1.82) is 0 Å². The van der Waals surface area contributed by atoms with Crippen LogP contribution in [-0.2, 0) is 19.7 Å². The number of methoxy groups -OCH3 is 1. The fraction of sp³-hybridized carbons (Fsp3) is 0.208. The Balaban J connectivity index is 1.42. The minimum absolute atomic E-state index is 0.245. The zero-order chi connectivity index (χ0) is 23.2. The number of hydrogen-bond donors (Lipinski definition) is 1. The number of carbonyl (C=O) groups is 1. The summed E-state index contributed by atoms with van der Waals surface area (Å²) in [5.41, 5.74) is 2.89. The van der Waals surface area contributed by atoms with Crippen LogP contribution in [0.25, 0.3) is 0 Å².